The highest BCUT2D eigenvalue weighted by Crippen LogP contribution is 2.40. The number of sulfonamides is 1. The van der Waals surface area contributed by atoms with Gasteiger partial charge in [0.15, 0.2) is 0 Å². The van der Waals surface area contributed by atoms with E-state index in [1.807, 2.05) is 30.3 Å². The molecular formula is C22H21N3O3S. The van der Waals surface area contributed by atoms with Crippen LogP contribution in [0.1, 0.15) is 28.8 Å². The topological polar surface area (TPSA) is 73.5 Å². The van der Waals surface area contributed by atoms with E-state index in [2.05, 4.69) is 9.88 Å². The number of benzene rings is 2. The van der Waals surface area contributed by atoms with Gasteiger partial charge in [0.1, 0.15) is 5.70 Å². The Bertz CT molecular complexity index is 1270. The summed E-state index contributed by atoms with van der Waals surface area (Å²) in [5.74, 6) is -0.287. The van der Waals surface area contributed by atoms with Gasteiger partial charge < -0.3 is 9.88 Å². The number of H-pyrrole nitrogens is 1. The zero-order chi connectivity index (χ0) is 20.2. The zero-order valence-electron chi connectivity index (χ0n) is 16.1. The number of ketones is 1. The van der Waals surface area contributed by atoms with E-state index in [1.165, 1.54) is 7.05 Å². The SMILES string of the molecule is CN1C(C(=O)c2c[nH]c3ccccc23)=C(N2CCCC2)c2ccccc2S1(=O)=O. The van der Waals surface area contributed by atoms with Gasteiger partial charge in [0.05, 0.1) is 10.6 Å². The first-order valence-corrected chi connectivity index (χ1v) is 11.1. The molecule has 3 aromatic rings. The van der Waals surface area contributed by atoms with Gasteiger partial charge in [-0.05, 0) is 25.0 Å². The van der Waals surface area contributed by atoms with Crippen LogP contribution in [0.4, 0.5) is 0 Å². The lowest BCUT2D eigenvalue weighted by Crippen LogP contribution is -2.38. The average molecular weight is 407 g/mol. The molecule has 29 heavy (non-hydrogen) atoms. The van der Waals surface area contributed by atoms with Gasteiger partial charge >= 0.3 is 0 Å². The average Bonchev–Trinajstić information content (AvgIpc) is 3.40. The minimum absolute atomic E-state index is 0.218. The van der Waals surface area contributed by atoms with Crippen molar-refractivity contribution in [2.24, 2.45) is 0 Å². The molecule has 0 saturated carbocycles. The molecule has 0 aliphatic carbocycles. The Kier molecular flexibility index (Phi) is 4.03. The number of aromatic nitrogens is 1. The summed E-state index contributed by atoms with van der Waals surface area (Å²) in [6.45, 7) is 1.62. The second-order valence-corrected chi connectivity index (χ2v) is 9.37. The standard InChI is InChI=1S/C22H21N3O3S/c1-24-21(22(26)17-14-23-18-10-4-2-8-15(17)18)20(25-12-6-7-13-25)16-9-3-5-11-19(16)29(24,27)28/h2-5,8-11,14,23H,6-7,12-13H2,1H3. The van der Waals surface area contributed by atoms with Crippen molar-refractivity contribution in [3.8, 4) is 0 Å². The van der Waals surface area contributed by atoms with Crippen molar-refractivity contribution in [2.75, 3.05) is 20.1 Å². The third-order valence-electron chi connectivity index (χ3n) is 5.79. The lowest BCUT2D eigenvalue weighted by molar-refractivity contribution is 0.101. The molecule has 6 nitrogen and oxygen atoms in total. The van der Waals surface area contributed by atoms with Crippen molar-refractivity contribution < 1.29 is 13.2 Å². The molecule has 0 radical (unpaired) electrons. The van der Waals surface area contributed by atoms with Gasteiger partial charge in [-0.1, -0.05) is 36.4 Å². The number of nitrogens with one attached hydrogen (secondary N) is 1. The van der Waals surface area contributed by atoms with Crippen LogP contribution in [0.3, 0.4) is 0 Å². The molecule has 2 aliphatic rings. The summed E-state index contributed by atoms with van der Waals surface area (Å²) in [7, 11) is -2.33. The van der Waals surface area contributed by atoms with Gasteiger partial charge in [0.2, 0.25) is 5.78 Å². The second kappa shape index (κ2) is 6.49. The molecule has 0 spiro atoms. The Morgan fingerprint density at radius 1 is 1.00 bits per heavy atom. The maximum Gasteiger partial charge on any atom is 0.264 e. The number of aromatic amines is 1. The number of hydrogen-bond acceptors (Lipinski definition) is 4. The van der Waals surface area contributed by atoms with Crippen molar-refractivity contribution in [2.45, 2.75) is 17.7 Å². The minimum Gasteiger partial charge on any atom is -0.369 e. The van der Waals surface area contributed by atoms with Crippen LogP contribution in [-0.4, -0.2) is 48.5 Å². The number of hydrogen-bond donors (Lipinski definition) is 1. The molecule has 1 saturated heterocycles. The van der Waals surface area contributed by atoms with Crippen molar-refractivity contribution in [1.82, 2.24) is 14.2 Å². The molecule has 1 aromatic heterocycles. The molecule has 2 aliphatic heterocycles. The van der Waals surface area contributed by atoms with E-state index < -0.39 is 10.0 Å². The Labute approximate surface area is 169 Å². The normalized spacial score (nSPS) is 18.4. The Hall–Kier alpha value is -3.06. The van der Waals surface area contributed by atoms with E-state index in [0.717, 1.165) is 41.1 Å². The smallest absolute Gasteiger partial charge is 0.264 e. The van der Waals surface area contributed by atoms with Crippen LogP contribution in [0.5, 0.6) is 0 Å². The summed E-state index contributed by atoms with van der Waals surface area (Å²) in [4.78, 5) is 19.3. The van der Waals surface area contributed by atoms with Gasteiger partial charge in [-0.3, -0.25) is 9.10 Å². The monoisotopic (exact) mass is 407 g/mol. The first kappa shape index (κ1) is 18.0. The van der Waals surface area contributed by atoms with Gasteiger partial charge in [0.25, 0.3) is 10.0 Å². The lowest BCUT2D eigenvalue weighted by Gasteiger charge is -2.35. The molecular weight excluding hydrogens is 386 g/mol. The second-order valence-electron chi connectivity index (χ2n) is 7.44. The van der Waals surface area contributed by atoms with Crippen LogP contribution in [0, 0.1) is 0 Å². The maximum atomic E-state index is 13.7. The Balaban J connectivity index is 1.80. The maximum absolute atomic E-state index is 13.7. The molecule has 1 N–H and O–H groups in total. The Morgan fingerprint density at radius 2 is 1.69 bits per heavy atom. The lowest BCUT2D eigenvalue weighted by atomic mass is 10.0. The van der Waals surface area contributed by atoms with E-state index in [-0.39, 0.29) is 16.4 Å². The predicted molar refractivity (Wildman–Crippen MR) is 112 cm³/mol. The summed E-state index contributed by atoms with van der Waals surface area (Å²) < 4.78 is 27.6. The molecule has 148 valence electrons. The number of nitrogens with zero attached hydrogens (tertiary/aromatic N) is 2. The highest BCUT2D eigenvalue weighted by molar-refractivity contribution is 7.89. The number of rotatable bonds is 3. The van der Waals surface area contributed by atoms with Crippen LogP contribution >= 0.6 is 0 Å². The van der Waals surface area contributed by atoms with Gasteiger partial charge in [-0.25, -0.2) is 8.42 Å². The quantitative estimate of drug-likeness (QED) is 0.675. The number of para-hydroxylation sites is 1. The molecule has 0 unspecified atom stereocenters. The number of likely N-dealkylation sites (N-methyl/N-ethyl adjacent to an activating group) is 1. The van der Waals surface area contributed by atoms with Crippen LogP contribution in [0.25, 0.3) is 16.6 Å². The number of likely N-dealkylation sites (tertiary alicyclic amines) is 1. The first-order chi connectivity index (χ1) is 14.0. The molecule has 2 aromatic carbocycles. The number of carbonyl (C=O) groups excluding carboxylic acids is 1. The molecule has 5 rings (SSSR count). The molecule has 0 bridgehead atoms. The van der Waals surface area contributed by atoms with E-state index in [1.54, 1.807) is 24.4 Å². The summed E-state index contributed by atoms with van der Waals surface area (Å²) in [5, 5.41) is 0.787. The van der Waals surface area contributed by atoms with Gasteiger partial charge in [-0.15, -0.1) is 0 Å². The fraction of sp³-hybridized carbons (Fsp3) is 0.227. The van der Waals surface area contributed by atoms with Crippen molar-refractivity contribution in [3.05, 3.63) is 71.6 Å². The van der Waals surface area contributed by atoms with Crippen molar-refractivity contribution in [3.63, 3.8) is 0 Å². The zero-order valence-corrected chi connectivity index (χ0v) is 16.9. The molecule has 0 atom stereocenters. The van der Waals surface area contributed by atoms with E-state index in [0.29, 0.717) is 16.8 Å². The van der Waals surface area contributed by atoms with Crippen molar-refractivity contribution in [1.29, 1.82) is 0 Å². The number of allylic oxidation sites excluding steroid dienone is 1. The third kappa shape index (κ3) is 2.61. The van der Waals surface area contributed by atoms with Crippen LogP contribution in [-0.2, 0) is 10.0 Å². The van der Waals surface area contributed by atoms with Crippen LogP contribution in [0.15, 0.2) is 65.3 Å². The molecule has 7 heteroatoms. The van der Waals surface area contributed by atoms with Gasteiger partial charge in [-0.2, -0.15) is 0 Å². The van der Waals surface area contributed by atoms with Crippen LogP contribution < -0.4 is 0 Å². The fourth-order valence-electron chi connectivity index (χ4n) is 4.33. The number of fused-ring (bicyclic) bond motifs is 2. The molecule has 3 heterocycles. The highest BCUT2D eigenvalue weighted by Gasteiger charge is 2.40. The van der Waals surface area contributed by atoms with E-state index in [4.69, 9.17) is 0 Å². The van der Waals surface area contributed by atoms with Crippen LogP contribution in [0.2, 0.25) is 0 Å². The molecule has 0 amide bonds. The summed E-state index contributed by atoms with van der Waals surface area (Å²) >= 11 is 0. The fourth-order valence-corrected chi connectivity index (χ4v) is 5.73. The largest absolute Gasteiger partial charge is 0.369 e. The summed E-state index contributed by atoms with van der Waals surface area (Å²) in [6.07, 6.45) is 3.72. The third-order valence-corrected chi connectivity index (χ3v) is 7.61. The number of Topliss-reactive ketones (excluding diaryl/α,β-unsaturated/α-hetero) is 1. The Morgan fingerprint density at radius 3 is 2.48 bits per heavy atom. The predicted octanol–water partition coefficient (Wildman–Crippen LogP) is 3.45. The highest BCUT2D eigenvalue weighted by atomic mass is 32.2. The van der Waals surface area contributed by atoms with E-state index >= 15 is 0 Å². The molecule has 1 fully saturated rings. The summed E-state index contributed by atoms with van der Waals surface area (Å²) in [5.41, 5.74) is 2.87. The van der Waals surface area contributed by atoms with Crippen molar-refractivity contribution >= 4 is 32.4 Å². The number of carbonyl (C=O) groups is 1. The first-order valence-electron chi connectivity index (χ1n) is 9.68. The van der Waals surface area contributed by atoms with E-state index in [9.17, 15) is 13.2 Å². The summed E-state index contributed by atoms with van der Waals surface area (Å²) in [6, 6.07) is 14.5. The van der Waals surface area contributed by atoms with Gasteiger partial charge in [0, 0.05) is 48.4 Å². The minimum atomic E-state index is -3.80.